The summed E-state index contributed by atoms with van der Waals surface area (Å²) < 4.78 is 2.08. The predicted molar refractivity (Wildman–Crippen MR) is 60.6 cm³/mol. The van der Waals surface area contributed by atoms with Crippen molar-refractivity contribution in [3.05, 3.63) is 48.3 Å². The van der Waals surface area contributed by atoms with Crippen LogP contribution in [-0.4, -0.2) is 9.38 Å². The van der Waals surface area contributed by atoms with Gasteiger partial charge in [0.05, 0.1) is 5.52 Å². The molecular weight excluding hydrogens is 186 g/mol. The van der Waals surface area contributed by atoms with Gasteiger partial charge in [0.2, 0.25) is 0 Å². The summed E-state index contributed by atoms with van der Waals surface area (Å²) in [5, 5.41) is 1.21. The first-order valence-electron chi connectivity index (χ1n) is 4.93. The van der Waals surface area contributed by atoms with Gasteiger partial charge in [0.1, 0.15) is 5.65 Å². The van der Waals surface area contributed by atoms with E-state index in [0.29, 0.717) is 6.54 Å². The molecule has 0 aliphatic carbocycles. The van der Waals surface area contributed by atoms with E-state index >= 15 is 0 Å². The van der Waals surface area contributed by atoms with Crippen LogP contribution in [0.15, 0.2) is 42.7 Å². The van der Waals surface area contributed by atoms with E-state index in [0.717, 1.165) is 16.7 Å². The fourth-order valence-electron chi connectivity index (χ4n) is 1.87. The van der Waals surface area contributed by atoms with Crippen molar-refractivity contribution in [2.24, 2.45) is 5.73 Å². The third-order valence-electron chi connectivity index (χ3n) is 2.67. The zero-order chi connectivity index (χ0) is 10.3. The van der Waals surface area contributed by atoms with Crippen LogP contribution < -0.4 is 5.73 Å². The molecule has 0 aliphatic rings. The number of benzene rings is 1. The molecule has 0 atom stereocenters. The van der Waals surface area contributed by atoms with Gasteiger partial charge in [-0.1, -0.05) is 12.1 Å². The summed E-state index contributed by atoms with van der Waals surface area (Å²) in [6.07, 6.45) is 3.78. The second-order valence-electron chi connectivity index (χ2n) is 3.59. The molecule has 0 fully saturated rings. The minimum absolute atomic E-state index is 0.570. The van der Waals surface area contributed by atoms with Crippen LogP contribution in [0, 0.1) is 0 Å². The van der Waals surface area contributed by atoms with E-state index in [2.05, 4.69) is 33.7 Å². The molecule has 2 N–H and O–H groups in total. The molecule has 0 saturated heterocycles. The number of fused-ring (bicyclic) bond motifs is 3. The maximum absolute atomic E-state index is 5.64. The monoisotopic (exact) mass is 197 g/mol. The molecule has 0 amide bonds. The Kier molecular flexibility index (Phi) is 1.73. The van der Waals surface area contributed by atoms with Crippen molar-refractivity contribution in [1.82, 2.24) is 9.38 Å². The summed E-state index contributed by atoms with van der Waals surface area (Å²) in [7, 11) is 0. The number of nitrogens with zero attached hydrogens (tertiary/aromatic N) is 2. The predicted octanol–water partition coefficient (Wildman–Crippen LogP) is 1.95. The summed E-state index contributed by atoms with van der Waals surface area (Å²) >= 11 is 0. The number of aromatic nitrogens is 2. The van der Waals surface area contributed by atoms with Crippen molar-refractivity contribution >= 4 is 16.6 Å². The Hall–Kier alpha value is -1.87. The van der Waals surface area contributed by atoms with Crippen LogP contribution in [0.25, 0.3) is 16.6 Å². The average molecular weight is 197 g/mol. The van der Waals surface area contributed by atoms with Crippen molar-refractivity contribution in [2.75, 3.05) is 0 Å². The zero-order valence-corrected chi connectivity index (χ0v) is 8.22. The molecule has 0 saturated carbocycles. The van der Waals surface area contributed by atoms with Crippen molar-refractivity contribution < 1.29 is 0 Å². The van der Waals surface area contributed by atoms with Gasteiger partial charge in [0, 0.05) is 18.9 Å². The highest BCUT2D eigenvalue weighted by Crippen LogP contribution is 2.17. The molecule has 0 unspecified atom stereocenters. The molecule has 1 aromatic carbocycles. The third-order valence-corrected chi connectivity index (χ3v) is 2.67. The molecule has 3 rings (SSSR count). The van der Waals surface area contributed by atoms with E-state index in [1.165, 1.54) is 5.39 Å². The van der Waals surface area contributed by atoms with Gasteiger partial charge in [-0.05, 0) is 29.1 Å². The molecule has 2 aromatic heterocycles. The molecule has 0 aliphatic heterocycles. The van der Waals surface area contributed by atoms with Crippen molar-refractivity contribution in [3.8, 4) is 0 Å². The minimum atomic E-state index is 0.570. The lowest BCUT2D eigenvalue weighted by Crippen LogP contribution is -1.96. The molecule has 0 spiro atoms. The van der Waals surface area contributed by atoms with Gasteiger partial charge in [-0.3, -0.25) is 4.40 Å². The molecule has 74 valence electrons. The fraction of sp³-hybridized carbons (Fsp3) is 0.0833. The van der Waals surface area contributed by atoms with Gasteiger partial charge < -0.3 is 5.73 Å². The standard InChI is InChI=1S/C12H11N3/c13-8-9-1-2-10-3-4-12-14-5-6-15(12)11(10)7-9/h1-7H,8,13H2. The molecule has 15 heavy (non-hydrogen) atoms. The fourth-order valence-corrected chi connectivity index (χ4v) is 1.87. The van der Waals surface area contributed by atoms with Crippen LogP contribution in [0.3, 0.4) is 0 Å². The Balaban J connectivity index is 2.48. The van der Waals surface area contributed by atoms with E-state index in [9.17, 15) is 0 Å². The summed E-state index contributed by atoms with van der Waals surface area (Å²) in [5.41, 5.74) is 8.91. The molecule has 0 radical (unpaired) electrons. The third kappa shape index (κ3) is 1.21. The van der Waals surface area contributed by atoms with E-state index in [1.807, 2.05) is 18.5 Å². The number of nitrogens with two attached hydrogens (primary N) is 1. The maximum Gasteiger partial charge on any atom is 0.137 e. The number of imidazole rings is 1. The number of hydrogen-bond donors (Lipinski definition) is 1. The van der Waals surface area contributed by atoms with Crippen molar-refractivity contribution in [2.45, 2.75) is 6.54 Å². The van der Waals surface area contributed by atoms with Gasteiger partial charge in [0.25, 0.3) is 0 Å². The van der Waals surface area contributed by atoms with Crippen LogP contribution in [0.5, 0.6) is 0 Å². The second-order valence-corrected chi connectivity index (χ2v) is 3.59. The van der Waals surface area contributed by atoms with E-state index in [4.69, 9.17) is 5.73 Å². The first-order chi connectivity index (χ1) is 7.38. The van der Waals surface area contributed by atoms with Crippen molar-refractivity contribution in [1.29, 1.82) is 0 Å². The quantitative estimate of drug-likeness (QED) is 0.648. The smallest absolute Gasteiger partial charge is 0.137 e. The molecule has 2 heterocycles. The van der Waals surface area contributed by atoms with Gasteiger partial charge in [-0.2, -0.15) is 0 Å². The van der Waals surface area contributed by atoms with E-state index in [1.54, 1.807) is 0 Å². The molecule has 0 bridgehead atoms. The number of hydrogen-bond acceptors (Lipinski definition) is 2. The Morgan fingerprint density at radius 1 is 1.20 bits per heavy atom. The molecule has 3 aromatic rings. The SMILES string of the molecule is NCc1ccc2ccc3nccn3c2c1. The normalized spacial score (nSPS) is 11.3. The first kappa shape index (κ1) is 8.44. The Morgan fingerprint density at radius 3 is 2.93 bits per heavy atom. The van der Waals surface area contributed by atoms with E-state index in [-0.39, 0.29) is 0 Å². The highest BCUT2D eigenvalue weighted by Gasteiger charge is 2.00. The Labute approximate surface area is 87.2 Å². The number of rotatable bonds is 1. The second kappa shape index (κ2) is 3.07. The van der Waals surface area contributed by atoms with E-state index < -0.39 is 0 Å². The van der Waals surface area contributed by atoms with Crippen molar-refractivity contribution in [3.63, 3.8) is 0 Å². The number of pyridine rings is 1. The highest BCUT2D eigenvalue weighted by atomic mass is 15.0. The highest BCUT2D eigenvalue weighted by molar-refractivity contribution is 5.82. The molecule has 3 nitrogen and oxygen atoms in total. The lowest BCUT2D eigenvalue weighted by molar-refractivity contribution is 1.07. The summed E-state index contributed by atoms with van der Waals surface area (Å²) in [6.45, 7) is 0.570. The lowest BCUT2D eigenvalue weighted by atomic mass is 10.1. The Morgan fingerprint density at radius 2 is 2.07 bits per heavy atom. The largest absolute Gasteiger partial charge is 0.326 e. The lowest BCUT2D eigenvalue weighted by Gasteiger charge is -2.04. The first-order valence-corrected chi connectivity index (χ1v) is 4.93. The van der Waals surface area contributed by atoms with Crippen LogP contribution in [0.1, 0.15) is 5.56 Å². The summed E-state index contributed by atoms with van der Waals surface area (Å²) in [6, 6.07) is 10.4. The summed E-state index contributed by atoms with van der Waals surface area (Å²) in [4.78, 5) is 4.26. The van der Waals surface area contributed by atoms with Gasteiger partial charge >= 0.3 is 0 Å². The minimum Gasteiger partial charge on any atom is -0.326 e. The molecular formula is C12H11N3. The average Bonchev–Trinajstić information content (AvgIpc) is 2.76. The maximum atomic E-state index is 5.64. The summed E-state index contributed by atoms with van der Waals surface area (Å²) in [5.74, 6) is 0. The van der Waals surface area contributed by atoms with Gasteiger partial charge in [-0.15, -0.1) is 0 Å². The Bertz CT molecular complexity index is 625. The topological polar surface area (TPSA) is 43.3 Å². The van der Waals surface area contributed by atoms with Crippen LogP contribution in [-0.2, 0) is 6.54 Å². The zero-order valence-electron chi connectivity index (χ0n) is 8.22. The van der Waals surface area contributed by atoms with Crippen LogP contribution in [0.2, 0.25) is 0 Å². The van der Waals surface area contributed by atoms with Crippen LogP contribution >= 0.6 is 0 Å². The van der Waals surface area contributed by atoms with Gasteiger partial charge in [0.15, 0.2) is 0 Å². The van der Waals surface area contributed by atoms with Gasteiger partial charge in [-0.25, -0.2) is 4.98 Å². The molecule has 3 heteroatoms. The van der Waals surface area contributed by atoms with Crippen LogP contribution in [0.4, 0.5) is 0 Å².